The fraction of sp³-hybridized carbons (Fsp3) is 0.636. The molecule has 0 amide bonds. The molecule has 0 fully saturated rings. The zero-order chi connectivity index (χ0) is 10.1. The van der Waals surface area contributed by atoms with Crippen molar-refractivity contribution in [2.75, 3.05) is 6.54 Å². The van der Waals surface area contributed by atoms with Crippen molar-refractivity contribution in [2.45, 2.75) is 39.8 Å². The molecule has 2 nitrogen and oxygen atoms in total. The molecule has 0 aliphatic carbocycles. The highest BCUT2D eigenvalue weighted by molar-refractivity contribution is 5.06. The van der Waals surface area contributed by atoms with E-state index in [4.69, 9.17) is 6.42 Å². The summed E-state index contributed by atoms with van der Waals surface area (Å²) in [6.45, 7) is 7.31. The van der Waals surface area contributed by atoms with Gasteiger partial charge in [-0.15, -0.1) is 12.3 Å². The summed E-state index contributed by atoms with van der Waals surface area (Å²) in [6.07, 6.45) is 9.34. The fourth-order valence-electron chi connectivity index (χ4n) is 0.899. The number of rotatable bonds is 6. The van der Waals surface area contributed by atoms with Gasteiger partial charge >= 0.3 is 0 Å². The van der Waals surface area contributed by atoms with E-state index in [2.05, 4.69) is 30.4 Å². The Kier molecular flexibility index (Phi) is 7.14. The Morgan fingerprint density at radius 1 is 1.62 bits per heavy atom. The third-order valence-corrected chi connectivity index (χ3v) is 1.66. The molecule has 0 radical (unpaired) electrons. The Balaban J connectivity index is 3.61. The van der Waals surface area contributed by atoms with Crippen LogP contribution < -0.4 is 10.6 Å². The number of hydrogen-bond acceptors (Lipinski definition) is 2. The first-order chi connectivity index (χ1) is 6.20. The van der Waals surface area contributed by atoms with E-state index in [-0.39, 0.29) is 0 Å². The van der Waals surface area contributed by atoms with Crippen LogP contribution in [0.3, 0.4) is 0 Å². The van der Waals surface area contributed by atoms with E-state index < -0.39 is 0 Å². The molecule has 1 atom stereocenters. The maximum absolute atomic E-state index is 5.18. The lowest BCUT2D eigenvalue weighted by Gasteiger charge is -2.13. The van der Waals surface area contributed by atoms with E-state index in [1.165, 1.54) is 5.57 Å². The highest BCUT2D eigenvalue weighted by atomic mass is 15.1. The van der Waals surface area contributed by atoms with Crippen molar-refractivity contribution in [3.63, 3.8) is 0 Å². The van der Waals surface area contributed by atoms with E-state index in [0.717, 1.165) is 13.0 Å². The van der Waals surface area contributed by atoms with Crippen LogP contribution in [0.2, 0.25) is 0 Å². The predicted octanol–water partition coefficient (Wildman–Crippen LogP) is 1.85. The number of allylic oxidation sites excluding steroid dienone is 1. The summed E-state index contributed by atoms with van der Waals surface area (Å²) >= 11 is 0. The maximum atomic E-state index is 5.18. The molecule has 13 heavy (non-hydrogen) atoms. The number of nitrogens with one attached hydrogen (secondary N) is 2. The molecule has 0 aromatic heterocycles. The van der Waals surface area contributed by atoms with E-state index in [1.54, 1.807) is 0 Å². The van der Waals surface area contributed by atoms with Gasteiger partial charge in [0.2, 0.25) is 0 Å². The minimum absolute atomic E-state index is 0.313. The van der Waals surface area contributed by atoms with Crippen molar-refractivity contribution in [3.8, 4) is 12.3 Å². The Labute approximate surface area is 81.8 Å². The molecule has 0 aromatic carbocycles. The molecule has 74 valence electrons. The summed E-state index contributed by atoms with van der Waals surface area (Å²) in [5.74, 6) is 2.61. The Hall–Kier alpha value is -0.940. The smallest absolute Gasteiger partial charge is 0.0734 e. The standard InChI is InChI=1S/C11H20N2/c1-5-7-10(3)9-13-11(4)12-8-6-2/h1,9,11-13H,6-8H2,2-4H3/b10-9+. The maximum Gasteiger partial charge on any atom is 0.0734 e. The summed E-state index contributed by atoms with van der Waals surface area (Å²) in [4.78, 5) is 0. The van der Waals surface area contributed by atoms with Gasteiger partial charge in [-0.3, -0.25) is 5.32 Å². The van der Waals surface area contributed by atoms with Gasteiger partial charge in [-0.1, -0.05) is 6.92 Å². The van der Waals surface area contributed by atoms with Gasteiger partial charge in [-0.25, -0.2) is 0 Å². The van der Waals surface area contributed by atoms with Crippen molar-refractivity contribution in [2.24, 2.45) is 0 Å². The molecule has 2 N–H and O–H groups in total. The van der Waals surface area contributed by atoms with Crippen molar-refractivity contribution >= 4 is 0 Å². The van der Waals surface area contributed by atoms with Gasteiger partial charge in [0, 0.05) is 6.42 Å². The van der Waals surface area contributed by atoms with Crippen LogP contribution >= 0.6 is 0 Å². The second-order valence-electron chi connectivity index (χ2n) is 3.21. The van der Waals surface area contributed by atoms with Gasteiger partial charge < -0.3 is 5.32 Å². The third kappa shape index (κ3) is 7.42. The zero-order valence-corrected chi connectivity index (χ0v) is 8.85. The van der Waals surface area contributed by atoms with Gasteiger partial charge in [0.05, 0.1) is 6.17 Å². The van der Waals surface area contributed by atoms with E-state index in [1.807, 2.05) is 13.1 Å². The normalized spacial score (nSPS) is 13.5. The first kappa shape index (κ1) is 12.1. The lowest BCUT2D eigenvalue weighted by Crippen LogP contribution is -2.37. The minimum atomic E-state index is 0.313. The number of terminal acetylenes is 1. The zero-order valence-electron chi connectivity index (χ0n) is 8.85. The average molecular weight is 180 g/mol. The Bertz CT molecular complexity index is 189. The highest BCUT2D eigenvalue weighted by Crippen LogP contribution is 1.95. The van der Waals surface area contributed by atoms with Gasteiger partial charge in [0.15, 0.2) is 0 Å². The molecule has 1 unspecified atom stereocenters. The Morgan fingerprint density at radius 2 is 2.31 bits per heavy atom. The van der Waals surface area contributed by atoms with Crippen molar-refractivity contribution in [1.82, 2.24) is 10.6 Å². The molecule has 0 saturated carbocycles. The van der Waals surface area contributed by atoms with Crippen LogP contribution in [0.1, 0.15) is 33.6 Å². The topological polar surface area (TPSA) is 24.1 Å². The molecule has 0 saturated heterocycles. The van der Waals surface area contributed by atoms with Crippen LogP contribution in [0, 0.1) is 12.3 Å². The van der Waals surface area contributed by atoms with E-state index in [0.29, 0.717) is 12.6 Å². The first-order valence-corrected chi connectivity index (χ1v) is 4.79. The van der Waals surface area contributed by atoms with Gasteiger partial charge in [-0.2, -0.15) is 0 Å². The minimum Gasteiger partial charge on any atom is -0.376 e. The quantitative estimate of drug-likeness (QED) is 0.481. The van der Waals surface area contributed by atoms with E-state index in [9.17, 15) is 0 Å². The second kappa shape index (κ2) is 7.70. The van der Waals surface area contributed by atoms with Crippen molar-refractivity contribution < 1.29 is 0 Å². The van der Waals surface area contributed by atoms with Crippen molar-refractivity contribution in [1.29, 1.82) is 0 Å². The largest absolute Gasteiger partial charge is 0.376 e. The van der Waals surface area contributed by atoms with Gasteiger partial charge in [0.25, 0.3) is 0 Å². The molecular weight excluding hydrogens is 160 g/mol. The van der Waals surface area contributed by atoms with E-state index >= 15 is 0 Å². The summed E-state index contributed by atoms with van der Waals surface area (Å²) in [7, 11) is 0. The summed E-state index contributed by atoms with van der Waals surface area (Å²) in [5, 5.41) is 6.56. The van der Waals surface area contributed by atoms with Gasteiger partial charge in [-0.05, 0) is 38.6 Å². The Morgan fingerprint density at radius 3 is 2.85 bits per heavy atom. The molecular formula is C11H20N2. The molecule has 0 spiro atoms. The number of hydrogen-bond donors (Lipinski definition) is 2. The third-order valence-electron chi connectivity index (χ3n) is 1.66. The molecule has 0 aliphatic rings. The van der Waals surface area contributed by atoms with Crippen LogP contribution in [-0.2, 0) is 0 Å². The predicted molar refractivity (Wildman–Crippen MR) is 58.1 cm³/mol. The molecule has 2 heteroatoms. The van der Waals surface area contributed by atoms with Crippen LogP contribution in [0.4, 0.5) is 0 Å². The monoisotopic (exact) mass is 180 g/mol. The van der Waals surface area contributed by atoms with Crippen LogP contribution in [0.5, 0.6) is 0 Å². The summed E-state index contributed by atoms with van der Waals surface area (Å²) in [6, 6.07) is 0. The lowest BCUT2D eigenvalue weighted by atomic mass is 10.2. The summed E-state index contributed by atoms with van der Waals surface area (Å²) < 4.78 is 0. The first-order valence-electron chi connectivity index (χ1n) is 4.79. The van der Waals surface area contributed by atoms with Crippen LogP contribution in [0.25, 0.3) is 0 Å². The summed E-state index contributed by atoms with van der Waals surface area (Å²) in [5.41, 5.74) is 1.19. The second-order valence-corrected chi connectivity index (χ2v) is 3.21. The average Bonchev–Trinajstić information content (AvgIpc) is 2.12. The highest BCUT2D eigenvalue weighted by Gasteiger charge is 1.94. The van der Waals surface area contributed by atoms with Crippen LogP contribution in [-0.4, -0.2) is 12.7 Å². The van der Waals surface area contributed by atoms with Crippen LogP contribution in [0.15, 0.2) is 11.8 Å². The lowest BCUT2D eigenvalue weighted by molar-refractivity contribution is 0.504. The molecule has 0 bridgehead atoms. The molecule has 0 heterocycles. The van der Waals surface area contributed by atoms with Crippen molar-refractivity contribution in [3.05, 3.63) is 11.8 Å². The van der Waals surface area contributed by atoms with Gasteiger partial charge in [0.1, 0.15) is 0 Å². The molecule has 0 rings (SSSR count). The SMILES string of the molecule is C#CC/C(C)=C/NC(C)NCCC. The molecule has 0 aromatic rings. The molecule has 0 aliphatic heterocycles. The fourth-order valence-corrected chi connectivity index (χ4v) is 0.899.